The summed E-state index contributed by atoms with van der Waals surface area (Å²) >= 11 is 0. The van der Waals surface area contributed by atoms with Crippen molar-refractivity contribution in [3.8, 4) is 34.3 Å². The lowest BCUT2D eigenvalue weighted by atomic mass is 9.97. The van der Waals surface area contributed by atoms with Crippen LogP contribution in [0.3, 0.4) is 0 Å². The van der Waals surface area contributed by atoms with Crippen LogP contribution in [-0.4, -0.2) is 114 Å². The Morgan fingerprint density at radius 2 is 1.50 bits per heavy atom. The van der Waals surface area contributed by atoms with Gasteiger partial charge in [-0.2, -0.15) is 0 Å². The van der Waals surface area contributed by atoms with Gasteiger partial charge in [-0.3, -0.25) is 4.79 Å². The largest absolute Gasteiger partial charge is 0.508 e. The number of aromatic hydroxyl groups is 3. The van der Waals surface area contributed by atoms with Crippen LogP contribution >= 0.6 is 0 Å². The third-order valence-electron chi connectivity index (χ3n) is 7.21. The van der Waals surface area contributed by atoms with Crippen molar-refractivity contribution in [3.05, 3.63) is 46.6 Å². The van der Waals surface area contributed by atoms with E-state index >= 15 is 0 Å². The van der Waals surface area contributed by atoms with Crippen LogP contribution in [0.5, 0.6) is 23.0 Å². The fourth-order valence-electron chi connectivity index (χ4n) is 4.87. The highest BCUT2D eigenvalue weighted by Crippen LogP contribution is 2.38. The summed E-state index contributed by atoms with van der Waals surface area (Å²) < 4.78 is 28.5. The topological polar surface area (TPSA) is 249 Å². The van der Waals surface area contributed by atoms with Crippen LogP contribution in [0.25, 0.3) is 22.3 Å². The van der Waals surface area contributed by atoms with Crippen molar-refractivity contribution in [3.63, 3.8) is 0 Å². The molecule has 0 spiro atoms. The smallest absolute Gasteiger partial charge is 0.239 e. The minimum absolute atomic E-state index is 0.112. The Morgan fingerprint density at radius 1 is 0.810 bits per heavy atom. The predicted molar refractivity (Wildman–Crippen MR) is 139 cm³/mol. The molecule has 1 aromatic heterocycles. The van der Waals surface area contributed by atoms with Crippen LogP contribution in [0.1, 0.15) is 6.92 Å². The molecular weight excluding hydrogens is 564 g/mol. The summed E-state index contributed by atoms with van der Waals surface area (Å²) in [5.74, 6) is -2.03. The Morgan fingerprint density at radius 3 is 2.17 bits per heavy atom. The van der Waals surface area contributed by atoms with E-state index in [1.807, 2.05) is 0 Å². The Labute approximate surface area is 236 Å². The third-order valence-corrected chi connectivity index (χ3v) is 7.21. The third kappa shape index (κ3) is 5.37. The number of phenols is 3. The molecule has 0 saturated carbocycles. The summed E-state index contributed by atoms with van der Waals surface area (Å²) in [5.41, 5.74) is -0.995. The molecular formula is C27H30O15. The highest BCUT2D eigenvalue weighted by molar-refractivity contribution is 5.88. The number of hydrogen-bond acceptors (Lipinski definition) is 15. The number of aliphatic hydroxyl groups is 6. The van der Waals surface area contributed by atoms with Gasteiger partial charge < -0.3 is 69.3 Å². The summed E-state index contributed by atoms with van der Waals surface area (Å²) in [5, 5.41) is 91.6. The van der Waals surface area contributed by atoms with Gasteiger partial charge in [-0.05, 0) is 31.2 Å². The summed E-state index contributed by atoms with van der Waals surface area (Å²) in [7, 11) is 0. The van der Waals surface area contributed by atoms with Crippen LogP contribution in [0.4, 0.5) is 0 Å². The van der Waals surface area contributed by atoms with Gasteiger partial charge in [0.25, 0.3) is 0 Å². The molecule has 9 N–H and O–H groups in total. The normalized spacial score (nSPS) is 33.5. The fraction of sp³-hybridized carbons (Fsp3) is 0.444. The van der Waals surface area contributed by atoms with E-state index in [0.29, 0.717) is 0 Å². The SMILES string of the molecule is C[C@@H]1O[C@@H](O[C@H]2[C@@H](Oc3c(-c4ccc(O)cc4)oc4cc(O)cc(O)c4c3=O)O[C@H](CO)[C@H](O)[C@@H]2O)[C@@H](O)[C@H](O)[C@H]1O. The van der Waals surface area contributed by atoms with E-state index in [-0.39, 0.29) is 22.7 Å². The van der Waals surface area contributed by atoms with E-state index in [2.05, 4.69) is 0 Å². The van der Waals surface area contributed by atoms with Crippen molar-refractivity contribution < 1.29 is 69.3 Å². The van der Waals surface area contributed by atoms with Crippen molar-refractivity contribution in [2.75, 3.05) is 6.61 Å². The zero-order valence-electron chi connectivity index (χ0n) is 21.9. The predicted octanol–water partition coefficient (Wildman–Crippen LogP) is -1.39. The first-order valence-electron chi connectivity index (χ1n) is 12.9. The molecule has 228 valence electrons. The van der Waals surface area contributed by atoms with Gasteiger partial charge in [0.1, 0.15) is 64.8 Å². The number of rotatable bonds is 6. The average Bonchev–Trinajstić information content (AvgIpc) is 2.95. The minimum Gasteiger partial charge on any atom is -0.508 e. The molecule has 2 aromatic carbocycles. The number of ether oxygens (including phenoxy) is 4. The minimum atomic E-state index is -1.87. The van der Waals surface area contributed by atoms with E-state index in [9.17, 15) is 50.8 Å². The molecule has 0 bridgehead atoms. The number of hydrogen-bond donors (Lipinski definition) is 9. The maximum atomic E-state index is 13.7. The summed E-state index contributed by atoms with van der Waals surface area (Å²) in [6, 6.07) is 7.31. The lowest BCUT2D eigenvalue weighted by Crippen LogP contribution is -2.64. The molecule has 2 saturated heterocycles. The first kappa shape index (κ1) is 30.0. The van der Waals surface area contributed by atoms with Gasteiger partial charge in [0.05, 0.1) is 12.7 Å². The van der Waals surface area contributed by atoms with E-state index in [1.165, 1.54) is 31.2 Å². The van der Waals surface area contributed by atoms with Crippen molar-refractivity contribution in [1.29, 1.82) is 0 Å². The number of fused-ring (bicyclic) bond motifs is 1. The maximum Gasteiger partial charge on any atom is 0.239 e. The zero-order chi connectivity index (χ0) is 30.5. The summed E-state index contributed by atoms with van der Waals surface area (Å²) in [4.78, 5) is 13.7. The average molecular weight is 595 g/mol. The monoisotopic (exact) mass is 594 g/mol. The second-order valence-electron chi connectivity index (χ2n) is 10.1. The van der Waals surface area contributed by atoms with Crippen LogP contribution in [0.2, 0.25) is 0 Å². The van der Waals surface area contributed by atoms with Gasteiger partial charge in [-0.1, -0.05) is 0 Å². The Kier molecular flexibility index (Phi) is 8.30. The second-order valence-corrected chi connectivity index (χ2v) is 10.1. The molecule has 2 aliphatic rings. The van der Waals surface area contributed by atoms with E-state index < -0.39 is 96.1 Å². The summed E-state index contributed by atoms with van der Waals surface area (Å²) in [6.45, 7) is 0.593. The lowest BCUT2D eigenvalue weighted by Gasteiger charge is -2.45. The standard InChI is InChI=1S/C27H30O15/c1-9-17(32)20(35)22(37)26(38-9)42-25-21(36)18(33)15(8-28)40-27(25)41-24-19(34)16-13(31)6-12(30)7-14(16)39-23(24)10-2-4-11(29)5-3-10/h2-7,9,15,17-18,20-22,25-33,35-37H,8H2,1H3/t9-,15+,17-,18-,20+,21-,22-,25+,26-,27+/m0/s1. The van der Waals surface area contributed by atoms with Gasteiger partial charge in [0, 0.05) is 17.7 Å². The fourth-order valence-corrected chi connectivity index (χ4v) is 4.87. The first-order chi connectivity index (χ1) is 19.9. The number of phenolic OH excluding ortho intramolecular Hbond substituents is 3. The van der Waals surface area contributed by atoms with Gasteiger partial charge in [-0.15, -0.1) is 0 Å². The lowest BCUT2D eigenvalue weighted by molar-refractivity contribution is -0.354. The number of benzene rings is 2. The molecule has 2 fully saturated rings. The van der Waals surface area contributed by atoms with Gasteiger partial charge in [0.15, 0.2) is 18.2 Å². The van der Waals surface area contributed by atoms with Crippen molar-refractivity contribution in [1.82, 2.24) is 0 Å². The maximum absolute atomic E-state index is 13.7. The Balaban J connectivity index is 1.60. The highest BCUT2D eigenvalue weighted by atomic mass is 16.8. The van der Waals surface area contributed by atoms with Crippen LogP contribution in [0, 0.1) is 0 Å². The van der Waals surface area contributed by atoms with E-state index in [0.717, 1.165) is 12.1 Å². The molecule has 0 unspecified atom stereocenters. The zero-order valence-corrected chi connectivity index (χ0v) is 21.9. The molecule has 10 atom stereocenters. The van der Waals surface area contributed by atoms with Crippen LogP contribution in [-0.2, 0) is 14.2 Å². The highest BCUT2D eigenvalue weighted by Gasteiger charge is 2.51. The Hall–Kier alpha value is -3.51. The molecule has 0 radical (unpaired) electrons. The molecule has 0 amide bonds. The second kappa shape index (κ2) is 11.6. The molecule has 3 aromatic rings. The molecule has 2 aliphatic heterocycles. The molecule has 15 nitrogen and oxygen atoms in total. The molecule has 42 heavy (non-hydrogen) atoms. The number of aliphatic hydroxyl groups excluding tert-OH is 6. The summed E-state index contributed by atoms with van der Waals surface area (Å²) in [6.07, 6.45) is -16.3. The molecule has 3 heterocycles. The first-order valence-corrected chi connectivity index (χ1v) is 12.9. The van der Waals surface area contributed by atoms with Crippen molar-refractivity contribution in [2.45, 2.75) is 68.3 Å². The van der Waals surface area contributed by atoms with Crippen LogP contribution < -0.4 is 10.2 Å². The molecule has 5 rings (SSSR count). The van der Waals surface area contributed by atoms with Gasteiger partial charge in [-0.25, -0.2) is 0 Å². The van der Waals surface area contributed by atoms with Crippen LogP contribution in [0.15, 0.2) is 45.6 Å². The molecule has 15 heteroatoms. The van der Waals surface area contributed by atoms with Gasteiger partial charge in [0.2, 0.25) is 17.5 Å². The molecule has 0 aliphatic carbocycles. The van der Waals surface area contributed by atoms with E-state index in [4.69, 9.17) is 23.4 Å². The Bertz CT molecular complexity index is 1470. The van der Waals surface area contributed by atoms with Crippen molar-refractivity contribution in [2.24, 2.45) is 0 Å². The van der Waals surface area contributed by atoms with Crippen molar-refractivity contribution >= 4 is 11.0 Å². The van der Waals surface area contributed by atoms with Gasteiger partial charge >= 0.3 is 0 Å². The quantitative estimate of drug-likeness (QED) is 0.159. The van der Waals surface area contributed by atoms with E-state index in [1.54, 1.807) is 0 Å².